The van der Waals surface area contributed by atoms with Crippen LogP contribution in [0.15, 0.2) is 79.4 Å². The minimum absolute atomic E-state index is 0.677. The van der Waals surface area contributed by atoms with E-state index in [1.165, 1.54) is 22.3 Å². The van der Waals surface area contributed by atoms with Crippen LogP contribution < -0.4 is 15.8 Å². The van der Waals surface area contributed by atoms with Crippen molar-refractivity contribution in [3.05, 3.63) is 144 Å². The largest absolute Gasteiger partial charge is 0.385 e. The smallest absolute Gasteiger partial charge is 0.0478 e. The lowest BCUT2D eigenvalue weighted by atomic mass is 9.82. The van der Waals surface area contributed by atoms with Crippen molar-refractivity contribution in [2.45, 2.75) is 33.1 Å². The summed E-state index contributed by atoms with van der Waals surface area (Å²) in [5, 5.41) is 6.94. The van der Waals surface area contributed by atoms with Crippen LogP contribution in [-0.4, -0.2) is 6.54 Å². The van der Waals surface area contributed by atoms with E-state index in [1.54, 1.807) is 0 Å². The molecule has 1 aliphatic rings. The second kappa shape index (κ2) is 10.6. The molecular weight excluding hydrogens is 493 g/mol. The van der Waals surface area contributed by atoms with Gasteiger partial charge in [0, 0.05) is 22.3 Å². The van der Waals surface area contributed by atoms with Crippen molar-refractivity contribution in [2.24, 2.45) is 0 Å². The van der Waals surface area contributed by atoms with E-state index >= 15 is 0 Å². The van der Waals surface area contributed by atoms with E-state index in [4.69, 9.17) is 23.2 Å². The highest BCUT2D eigenvalue weighted by Crippen LogP contribution is 2.33. The van der Waals surface area contributed by atoms with Gasteiger partial charge < -0.3 is 5.32 Å². The monoisotopic (exact) mass is 523 g/mol. The molecule has 0 radical (unpaired) electrons. The topological polar surface area (TPSA) is 12.0 Å². The van der Waals surface area contributed by atoms with Crippen molar-refractivity contribution < 1.29 is 0 Å². The summed E-state index contributed by atoms with van der Waals surface area (Å²) in [5.41, 5.74) is 11.7. The number of hydrogen-bond donors (Lipinski definition) is 1. The molecule has 0 atom stereocenters. The summed E-state index contributed by atoms with van der Waals surface area (Å²) in [6, 6.07) is 25.9. The third-order valence-electron chi connectivity index (χ3n) is 7.28. The Kier molecular flexibility index (Phi) is 7.29. The lowest BCUT2D eigenvalue weighted by molar-refractivity contribution is 0.848. The van der Waals surface area contributed by atoms with Gasteiger partial charge in [-0.1, -0.05) is 97.9 Å². The summed E-state index contributed by atoms with van der Waals surface area (Å²) in [5.74, 6) is 0. The zero-order valence-corrected chi connectivity index (χ0v) is 22.9. The molecule has 0 unspecified atom stereocenters. The van der Waals surface area contributed by atoms with Gasteiger partial charge in [0.25, 0.3) is 0 Å². The number of aryl methyl sites for hydroxylation is 2. The molecule has 0 amide bonds. The lowest BCUT2D eigenvalue weighted by Crippen LogP contribution is -2.24. The van der Waals surface area contributed by atoms with Crippen LogP contribution in [0.2, 0.25) is 10.0 Å². The number of fused-ring (bicyclic) bond motifs is 2. The molecule has 4 aromatic rings. The van der Waals surface area contributed by atoms with Crippen LogP contribution >= 0.6 is 23.2 Å². The van der Waals surface area contributed by atoms with Crippen molar-refractivity contribution in [3.8, 4) is 0 Å². The molecule has 4 aromatic carbocycles. The van der Waals surface area contributed by atoms with Gasteiger partial charge in [-0.05, 0) is 105 Å². The van der Waals surface area contributed by atoms with E-state index in [2.05, 4.69) is 99.1 Å². The molecule has 1 N–H and O–H groups in total. The van der Waals surface area contributed by atoms with Crippen LogP contribution in [0.5, 0.6) is 0 Å². The maximum absolute atomic E-state index is 6.59. The Labute approximate surface area is 229 Å². The molecule has 0 heterocycles. The van der Waals surface area contributed by atoms with Gasteiger partial charge in [0.15, 0.2) is 0 Å². The molecule has 186 valence electrons. The van der Waals surface area contributed by atoms with Gasteiger partial charge in [0.05, 0.1) is 0 Å². The molecule has 0 bridgehead atoms. The molecule has 0 fully saturated rings. The van der Waals surface area contributed by atoms with Crippen LogP contribution in [0.3, 0.4) is 0 Å². The minimum atomic E-state index is 0.677. The Morgan fingerprint density at radius 1 is 0.865 bits per heavy atom. The fourth-order valence-electron chi connectivity index (χ4n) is 5.07. The van der Waals surface area contributed by atoms with Gasteiger partial charge >= 0.3 is 0 Å². The van der Waals surface area contributed by atoms with E-state index in [1.807, 2.05) is 6.07 Å². The van der Waals surface area contributed by atoms with Crippen LogP contribution in [0.1, 0.15) is 51.4 Å². The molecule has 1 aliphatic carbocycles. The standard InChI is InChI=1S/C34H31Cl2N/c1-5-24-6-8-25(9-7-24)14-15-37-23(4)26-10-12-27(13-11-26)34-30-19-32(35)21(2)16-28(30)18-29-17-22(3)33(36)20-31(29)34/h6-13,16-17,19-20,37H,2,4-5,14-15,18H2,1,3H3. The highest BCUT2D eigenvalue weighted by molar-refractivity contribution is 6.31. The van der Waals surface area contributed by atoms with Crippen molar-refractivity contribution in [1.29, 1.82) is 0 Å². The third kappa shape index (κ3) is 5.25. The Morgan fingerprint density at radius 3 is 2.27 bits per heavy atom. The van der Waals surface area contributed by atoms with Crippen molar-refractivity contribution >= 4 is 41.1 Å². The zero-order chi connectivity index (χ0) is 26.1. The first-order valence-electron chi connectivity index (χ1n) is 12.8. The average molecular weight is 525 g/mol. The predicted molar refractivity (Wildman–Crippen MR) is 160 cm³/mol. The van der Waals surface area contributed by atoms with E-state index < -0.39 is 0 Å². The van der Waals surface area contributed by atoms with Crippen LogP contribution in [-0.2, 0) is 19.3 Å². The number of benzene rings is 4. The Morgan fingerprint density at radius 2 is 1.57 bits per heavy atom. The highest BCUT2D eigenvalue weighted by atomic mass is 35.5. The molecule has 1 nitrogen and oxygen atoms in total. The van der Waals surface area contributed by atoms with Crippen molar-refractivity contribution in [2.75, 3.05) is 6.54 Å². The van der Waals surface area contributed by atoms with Crippen LogP contribution in [0.25, 0.3) is 17.8 Å². The summed E-state index contributed by atoms with van der Waals surface area (Å²) in [4.78, 5) is 0. The molecule has 0 saturated heterocycles. The molecule has 0 saturated carbocycles. The minimum Gasteiger partial charge on any atom is -0.385 e. The van der Waals surface area contributed by atoms with Gasteiger partial charge in [-0.3, -0.25) is 0 Å². The fraction of sp³-hybridized carbons (Fsp3) is 0.176. The summed E-state index contributed by atoms with van der Waals surface area (Å²) in [6.45, 7) is 13.5. The molecular formula is C34H31Cl2N. The van der Waals surface area contributed by atoms with E-state index in [9.17, 15) is 0 Å². The molecule has 0 aliphatic heterocycles. The fourth-order valence-corrected chi connectivity index (χ4v) is 5.40. The molecule has 3 heteroatoms. The third-order valence-corrected chi connectivity index (χ3v) is 8.04. The first kappa shape index (κ1) is 25.4. The second-order valence-electron chi connectivity index (χ2n) is 9.81. The summed E-state index contributed by atoms with van der Waals surface area (Å²) < 4.78 is 0. The summed E-state index contributed by atoms with van der Waals surface area (Å²) >= 11 is 13.1. The first-order valence-corrected chi connectivity index (χ1v) is 13.5. The van der Waals surface area contributed by atoms with E-state index in [-0.39, 0.29) is 0 Å². The molecule has 0 aromatic heterocycles. The molecule has 5 rings (SSSR count). The van der Waals surface area contributed by atoms with Gasteiger partial charge in [-0.15, -0.1) is 0 Å². The maximum atomic E-state index is 6.59. The Balaban J connectivity index is 1.43. The summed E-state index contributed by atoms with van der Waals surface area (Å²) in [6.07, 6.45) is 2.87. The van der Waals surface area contributed by atoms with Crippen LogP contribution in [0, 0.1) is 6.92 Å². The lowest BCUT2D eigenvalue weighted by Gasteiger charge is -2.22. The van der Waals surface area contributed by atoms with Crippen molar-refractivity contribution in [1.82, 2.24) is 5.32 Å². The second-order valence-corrected chi connectivity index (χ2v) is 10.6. The molecule has 0 spiro atoms. The number of rotatable bonds is 7. The van der Waals surface area contributed by atoms with Gasteiger partial charge in [-0.25, -0.2) is 0 Å². The molecule has 37 heavy (non-hydrogen) atoms. The van der Waals surface area contributed by atoms with Crippen molar-refractivity contribution in [3.63, 3.8) is 0 Å². The van der Waals surface area contributed by atoms with Gasteiger partial charge in [-0.2, -0.15) is 0 Å². The Bertz CT molecular complexity index is 1600. The highest BCUT2D eigenvalue weighted by Gasteiger charge is 2.20. The Hall–Kier alpha value is -3.26. The number of hydrogen-bond acceptors (Lipinski definition) is 1. The van der Waals surface area contributed by atoms with Gasteiger partial charge in [0.2, 0.25) is 0 Å². The number of nitrogens with one attached hydrogen (secondary N) is 1. The SMILES string of the molecule is C=C(NCCc1ccc(CC)cc1)c1ccc(C2=c3cc(Cl)c(=C)cc3Cc3cc(C)c(Cl)cc32)cc1. The van der Waals surface area contributed by atoms with E-state index in [0.29, 0.717) is 5.02 Å². The normalized spacial score (nSPS) is 12.2. The van der Waals surface area contributed by atoms with Crippen LogP contribution in [0.4, 0.5) is 0 Å². The van der Waals surface area contributed by atoms with Gasteiger partial charge in [0.1, 0.15) is 0 Å². The zero-order valence-electron chi connectivity index (χ0n) is 21.4. The maximum Gasteiger partial charge on any atom is 0.0478 e. The quantitative estimate of drug-likeness (QED) is 0.237. The predicted octanol–water partition coefficient (Wildman–Crippen LogP) is 7.23. The first-order chi connectivity index (χ1) is 17.8. The average Bonchev–Trinajstić information content (AvgIpc) is 2.90. The van der Waals surface area contributed by atoms with E-state index in [0.717, 1.165) is 74.8 Å². The number of halogens is 2. The summed E-state index contributed by atoms with van der Waals surface area (Å²) in [7, 11) is 0.